The monoisotopic (exact) mass is 297 g/mol. The maximum Gasteiger partial charge on any atom is 0.107 e. The van der Waals surface area contributed by atoms with Crippen LogP contribution in [0.25, 0.3) is 0 Å². The van der Waals surface area contributed by atoms with E-state index in [0.717, 1.165) is 45.3 Å². The van der Waals surface area contributed by atoms with Crippen LogP contribution in [0.15, 0.2) is 5.38 Å². The smallest absolute Gasteiger partial charge is 0.107 e. The van der Waals surface area contributed by atoms with Crippen LogP contribution >= 0.6 is 11.3 Å². The van der Waals surface area contributed by atoms with E-state index in [4.69, 9.17) is 9.72 Å². The standard InChI is InChI=1S/C15H27N3OS/c1-3-6-16-9-15-17-14(12-20-15)11-18(2)10-13-4-7-19-8-5-13/h12-13,16H,3-11H2,1-2H3. The molecule has 0 radical (unpaired) electrons. The maximum absolute atomic E-state index is 5.41. The zero-order valence-corrected chi connectivity index (χ0v) is 13.5. The van der Waals surface area contributed by atoms with E-state index in [2.05, 4.69) is 29.6 Å². The summed E-state index contributed by atoms with van der Waals surface area (Å²) < 4.78 is 5.41. The molecule has 0 atom stereocenters. The highest BCUT2D eigenvalue weighted by Gasteiger charge is 2.16. The lowest BCUT2D eigenvalue weighted by Gasteiger charge is -2.26. The summed E-state index contributed by atoms with van der Waals surface area (Å²) in [7, 11) is 2.20. The molecule has 114 valence electrons. The van der Waals surface area contributed by atoms with Crippen molar-refractivity contribution >= 4 is 11.3 Å². The fraction of sp³-hybridized carbons (Fsp3) is 0.800. The summed E-state index contributed by atoms with van der Waals surface area (Å²) in [5.41, 5.74) is 1.21. The second-order valence-corrected chi connectivity index (χ2v) is 6.60. The van der Waals surface area contributed by atoms with E-state index >= 15 is 0 Å². The molecule has 1 saturated heterocycles. The Hall–Kier alpha value is -0.490. The first-order valence-corrected chi connectivity index (χ1v) is 8.56. The maximum atomic E-state index is 5.41. The van der Waals surface area contributed by atoms with Crippen molar-refractivity contribution in [3.63, 3.8) is 0 Å². The average molecular weight is 297 g/mol. The van der Waals surface area contributed by atoms with Gasteiger partial charge in [0.25, 0.3) is 0 Å². The summed E-state index contributed by atoms with van der Waals surface area (Å²) in [5.74, 6) is 0.790. The first-order valence-electron chi connectivity index (χ1n) is 7.68. The SMILES string of the molecule is CCCNCc1nc(CN(C)CC2CCOCC2)cs1. The summed E-state index contributed by atoms with van der Waals surface area (Å²) in [4.78, 5) is 7.10. The van der Waals surface area contributed by atoms with E-state index in [9.17, 15) is 0 Å². The number of hydrogen-bond donors (Lipinski definition) is 1. The molecule has 0 spiro atoms. The van der Waals surface area contributed by atoms with Gasteiger partial charge in [-0.25, -0.2) is 4.98 Å². The van der Waals surface area contributed by atoms with Crippen LogP contribution in [-0.4, -0.2) is 43.2 Å². The molecule has 20 heavy (non-hydrogen) atoms. The Morgan fingerprint density at radius 1 is 1.45 bits per heavy atom. The van der Waals surface area contributed by atoms with Crippen LogP contribution < -0.4 is 5.32 Å². The van der Waals surface area contributed by atoms with Crippen molar-refractivity contribution in [1.29, 1.82) is 0 Å². The lowest BCUT2D eigenvalue weighted by Crippen LogP contribution is -2.29. The number of ether oxygens (including phenoxy) is 1. The van der Waals surface area contributed by atoms with Gasteiger partial charge < -0.3 is 15.0 Å². The van der Waals surface area contributed by atoms with Crippen LogP contribution in [-0.2, 0) is 17.8 Å². The van der Waals surface area contributed by atoms with Crippen molar-refractivity contribution in [2.45, 2.75) is 39.3 Å². The summed E-state index contributed by atoms with van der Waals surface area (Å²) in [6.45, 7) is 8.14. The summed E-state index contributed by atoms with van der Waals surface area (Å²) in [6.07, 6.45) is 3.58. The van der Waals surface area contributed by atoms with Crippen molar-refractivity contribution in [2.24, 2.45) is 5.92 Å². The van der Waals surface area contributed by atoms with Crippen molar-refractivity contribution in [3.05, 3.63) is 16.1 Å². The van der Waals surface area contributed by atoms with E-state index in [1.807, 2.05) is 0 Å². The van der Waals surface area contributed by atoms with Gasteiger partial charge in [0.15, 0.2) is 0 Å². The van der Waals surface area contributed by atoms with Gasteiger partial charge in [0.2, 0.25) is 0 Å². The van der Waals surface area contributed by atoms with Crippen molar-refractivity contribution in [2.75, 3.05) is 33.4 Å². The number of aromatic nitrogens is 1. The van der Waals surface area contributed by atoms with E-state index in [1.165, 1.54) is 30.0 Å². The average Bonchev–Trinajstić information content (AvgIpc) is 2.87. The third-order valence-corrected chi connectivity index (χ3v) is 4.54. The van der Waals surface area contributed by atoms with Gasteiger partial charge in [0.05, 0.1) is 5.69 Å². The molecule has 1 aromatic heterocycles. The first-order chi connectivity index (χ1) is 9.78. The Balaban J connectivity index is 1.71. The van der Waals surface area contributed by atoms with E-state index in [-0.39, 0.29) is 0 Å². The molecule has 1 aromatic rings. The number of nitrogens with zero attached hydrogens (tertiary/aromatic N) is 2. The molecule has 2 heterocycles. The number of hydrogen-bond acceptors (Lipinski definition) is 5. The van der Waals surface area contributed by atoms with Gasteiger partial charge in [-0.3, -0.25) is 0 Å². The Kier molecular flexibility index (Phi) is 6.93. The third-order valence-electron chi connectivity index (χ3n) is 3.64. The minimum Gasteiger partial charge on any atom is -0.381 e. The van der Waals surface area contributed by atoms with Crippen LogP contribution in [0.3, 0.4) is 0 Å². The number of nitrogens with one attached hydrogen (secondary N) is 1. The summed E-state index contributed by atoms with van der Waals surface area (Å²) in [5, 5.41) is 6.80. The molecule has 5 heteroatoms. The van der Waals surface area contributed by atoms with Crippen LogP contribution in [0.2, 0.25) is 0 Å². The van der Waals surface area contributed by atoms with Gasteiger partial charge in [-0.05, 0) is 38.8 Å². The van der Waals surface area contributed by atoms with Gasteiger partial charge in [0, 0.05) is 38.2 Å². The summed E-state index contributed by atoms with van der Waals surface area (Å²) >= 11 is 1.77. The molecule has 1 aliphatic heterocycles. The lowest BCUT2D eigenvalue weighted by molar-refractivity contribution is 0.0548. The highest BCUT2D eigenvalue weighted by molar-refractivity contribution is 7.09. The Bertz CT molecular complexity index is 377. The molecule has 4 nitrogen and oxygen atoms in total. The Morgan fingerprint density at radius 3 is 3.00 bits per heavy atom. The zero-order valence-electron chi connectivity index (χ0n) is 12.7. The molecule has 1 aliphatic rings. The minimum atomic E-state index is 0.790. The van der Waals surface area contributed by atoms with Gasteiger partial charge in [-0.2, -0.15) is 0 Å². The van der Waals surface area contributed by atoms with Crippen LogP contribution in [0.5, 0.6) is 0 Å². The van der Waals surface area contributed by atoms with E-state index in [1.54, 1.807) is 11.3 Å². The fourth-order valence-electron chi connectivity index (χ4n) is 2.59. The van der Waals surface area contributed by atoms with Crippen LogP contribution in [0.4, 0.5) is 0 Å². The quantitative estimate of drug-likeness (QED) is 0.748. The zero-order chi connectivity index (χ0) is 14.2. The predicted octanol–water partition coefficient (Wildman–Crippen LogP) is 2.50. The highest BCUT2D eigenvalue weighted by atomic mass is 32.1. The molecular weight excluding hydrogens is 270 g/mol. The summed E-state index contributed by atoms with van der Waals surface area (Å²) in [6, 6.07) is 0. The second-order valence-electron chi connectivity index (χ2n) is 5.66. The van der Waals surface area contributed by atoms with Crippen molar-refractivity contribution in [1.82, 2.24) is 15.2 Å². The lowest BCUT2D eigenvalue weighted by atomic mass is 10.00. The topological polar surface area (TPSA) is 37.4 Å². The number of thiazole rings is 1. The van der Waals surface area contributed by atoms with Gasteiger partial charge >= 0.3 is 0 Å². The van der Waals surface area contributed by atoms with Gasteiger partial charge in [-0.15, -0.1) is 11.3 Å². The molecule has 1 N–H and O–H groups in total. The Labute approximate surface area is 126 Å². The molecule has 2 rings (SSSR count). The molecule has 0 unspecified atom stereocenters. The van der Waals surface area contributed by atoms with E-state index in [0.29, 0.717) is 0 Å². The third kappa shape index (κ3) is 5.48. The van der Waals surface area contributed by atoms with Crippen LogP contribution in [0.1, 0.15) is 36.9 Å². The molecule has 0 amide bonds. The normalized spacial score (nSPS) is 16.9. The molecular formula is C15H27N3OS. The highest BCUT2D eigenvalue weighted by Crippen LogP contribution is 2.17. The van der Waals surface area contributed by atoms with Gasteiger partial charge in [-0.1, -0.05) is 6.92 Å². The Morgan fingerprint density at radius 2 is 2.25 bits per heavy atom. The van der Waals surface area contributed by atoms with E-state index < -0.39 is 0 Å². The minimum absolute atomic E-state index is 0.790. The second kappa shape index (κ2) is 8.72. The molecule has 0 bridgehead atoms. The van der Waals surface area contributed by atoms with Gasteiger partial charge in [0.1, 0.15) is 5.01 Å². The van der Waals surface area contributed by atoms with Crippen LogP contribution in [0, 0.1) is 5.92 Å². The van der Waals surface area contributed by atoms with Crippen molar-refractivity contribution < 1.29 is 4.74 Å². The molecule has 0 aliphatic carbocycles. The first kappa shape index (κ1) is 15.9. The predicted molar refractivity (Wildman–Crippen MR) is 84.0 cm³/mol. The molecule has 0 saturated carbocycles. The molecule has 0 aromatic carbocycles. The van der Waals surface area contributed by atoms with Crippen molar-refractivity contribution in [3.8, 4) is 0 Å². The number of rotatable bonds is 8. The molecule has 1 fully saturated rings. The largest absolute Gasteiger partial charge is 0.381 e. The fourth-order valence-corrected chi connectivity index (χ4v) is 3.34.